The first kappa shape index (κ1) is 15.9. The Bertz CT molecular complexity index is 697. The lowest BCUT2D eigenvalue weighted by Gasteiger charge is -2.31. The van der Waals surface area contributed by atoms with Crippen LogP contribution in [0.15, 0.2) is 41.8 Å². The number of hydrogen-bond donors (Lipinski definition) is 0. The van der Waals surface area contributed by atoms with Crippen LogP contribution in [-0.4, -0.2) is 41.4 Å². The lowest BCUT2D eigenvalue weighted by molar-refractivity contribution is -0.133. The van der Waals surface area contributed by atoms with Crippen molar-refractivity contribution in [3.05, 3.63) is 57.8 Å². The number of hydrogen-bond acceptors (Lipinski definition) is 3. The first-order valence-electron chi connectivity index (χ1n) is 8.90. The van der Waals surface area contributed by atoms with Crippen molar-refractivity contribution in [1.29, 1.82) is 0 Å². The summed E-state index contributed by atoms with van der Waals surface area (Å²) >= 11 is 1.83. The number of amides is 1. The third-order valence-electron chi connectivity index (χ3n) is 5.31. The Morgan fingerprint density at radius 3 is 2.92 bits per heavy atom. The first-order valence-corrected chi connectivity index (χ1v) is 9.78. The van der Waals surface area contributed by atoms with Gasteiger partial charge in [0.15, 0.2) is 0 Å². The van der Waals surface area contributed by atoms with Crippen LogP contribution in [0.2, 0.25) is 0 Å². The second-order valence-electron chi connectivity index (χ2n) is 6.89. The van der Waals surface area contributed by atoms with E-state index >= 15 is 0 Å². The summed E-state index contributed by atoms with van der Waals surface area (Å²) < 4.78 is 0. The maximum Gasteiger partial charge on any atom is 0.237 e. The van der Waals surface area contributed by atoms with E-state index in [0.717, 1.165) is 32.5 Å². The molecular weight excluding hydrogens is 316 g/mol. The molecule has 0 aliphatic carbocycles. The molecular formula is C20H24N2OS. The molecule has 3 heterocycles. The van der Waals surface area contributed by atoms with Crippen LogP contribution in [0.3, 0.4) is 0 Å². The minimum atomic E-state index is 0.298. The third kappa shape index (κ3) is 3.40. The van der Waals surface area contributed by atoms with Crippen molar-refractivity contribution in [2.45, 2.75) is 38.3 Å². The van der Waals surface area contributed by atoms with E-state index in [1.807, 2.05) is 16.2 Å². The highest BCUT2D eigenvalue weighted by molar-refractivity contribution is 7.10. The largest absolute Gasteiger partial charge is 0.337 e. The first-order chi connectivity index (χ1) is 11.8. The van der Waals surface area contributed by atoms with E-state index in [2.05, 4.69) is 46.7 Å². The number of carbonyl (C=O) groups excluding carboxylic acids is 1. The molecule has 2 aliphatic rings. The number of nitrogens with zero attached hydrogens (tertiary/aromatic N) is 2. The predicted octanol–water partition coefficient (Wildman–Crippen LogP) is 3.34. The van der Waals surface area contributed by atoms with Gasteiger partial charge in [0.1, 0.15) is 0 Å². The molecule has 1 fully saturated rings. The van der Waals surface area contributed by atoms with E-state index < -0.39 is 0 Å². The van der Waals surface area contributed by atoms with Gasteiger partial charge in [0.05, 0.1) is 6.54 Å². The highest BCUT2D eigenvalue weighted by Crippen LogP contribution is 2.25. The van der Waals surface area contributed by atoms with E-state index in [9.17, 15) is 4.79 Å². The average Bonchev–Trinajstić information content (AvgIpc) is 3.24. The zero-order valence-corrected chi connectivity index (χ0v) is 14.8. The Balaban J connectivity index is 1.36. The minimum absolute atomic E-state index is 0.298. The monoisotopic (exact) mass is 340 g/mol. The molecule has 1 aromatic heterocycles. The van der Waals surface area contributed by atoms with Crippen LogP contribution < -0.4 is 0 Å². The van der Waals surface area contributed by atoms with Gasteiger partial charge in [-0.25, -0.2) is 0 Å². The van der Waals surface area contributed by atoms with Gasteiger partial charge in [-0.3, -0.25) is 9.69 Å². The molecule has 24 heavy (non-hydrogen) atoms. The topological polar surface area (TPSA) is 23.6 Å². The molecule has 0 spiro atoms. The van der Waals surface area contributed by atoms with E-state index in [1.165, 1.54) is 28.8 Å². The number of likely N-dealkylation sites (tertiary alicyclic amines) is 1. The van der Waals surface area contributed by atoms with E-state index in [-0.39, 0.29) is 0 Å². The Morgan fingerprint density at radius 2 is 2.04 bits per heavy atom. The number of carbonyl (C=O) groups is 1. The number of rotatable bonds is 4. The number of fused-ring (bicyclic) bond motifs is 1. The molecule has 126 valence electrons. The molecule has 1 unspecified atom stereocenters. The lowest BCUT2D eigenvalue weighted by Crippen LogP contribution is -2.44. The van der Waals surface area contributed by atoms with E-state index in [0.29, 0.717) is 18.5 Å². The smallest absolute Gasteiger partial charge is 0.237 e. The summed E-state index contributed by atoms with van der Waals surface area (Å²) in [4.78, 5) is 18.7. The van der Waals surface area contributed by atoms with Crippen molar-refractivity contribution < 1.29 is 4.79 Å². The molecule has 1 amide bonds. The number of benzene rings is 1. The van der Waals surface area contributed by atoms with Crippen LogP contribution in [0.25, 0.3) is 0 Å². The van der Waals surface area contributed by atoms with Crippen molar-refractivity contribution in [3.8, 4) is 0 Å². The summed E-state index contributed by atoms with van der Waals surface area (Å²) in [5.41, 5.74) is 2.73. The van der Waals surface area contributed by atoms with Gasteiger partial charge >= 0.3 is 0 Å². The third-order valence-corrected chi connectivity index (χ3v) is 6.33. The zero-order chi connectivity index (χ0) is 16.4. The van der Waals surface area contributed by atoms with Gasteiger partial charge < -0.3 is 4.90 Å². The lowest BCUT2D eigenvalue weighted by atomic mass is 10.0. The summed E-state index contributed by atoms with van der Waals surface area (Å²) in [7, 11) is 0. The fourth-order valence-electron chi connectivity index (χ4n) is 3.96. The van der Waals surface area contributed by atoms with Crippen LogP contribution in [0, 0.1) is 0 Å². The molecule has 0 radical (unpaired) electrons. The quantitative estimate of drug-likeness (QED) is 0.852. The second-order valence-corrected chi connectivity index (χ2v) is 7.89. The summed E-state index contributed by atoms with van der Waals surface area (Å²) in [6.45, 7) is 3.32. The summed E-state index contributed by atoms with van der Waals surface area (Å²) in [6, 6.07) is 13.3. The zero-order valence-electron chi connectivity index (χ0n) is 14.0. The van der Waals surface area contributed by atoms with Crippen molar-refractivity contribution in [2.24, 2.45) is 0 Å². The molecule has 1 aromatic carbocycles. The molecule has 4 rings (SSSR count). The molecule has 0 saturated carbocycles. The SMILES string of the molecule is O=C(CN1CCCC1Cc1ccccc1)N1CCc2sccc2C1. The van der Waals surface area contributed by atoms with Gasteiger partial charge in [0.25, 0.3) is 0 Å². The second kappa shape index (κ2) is 7.08. The Morgan fingerprint density at radius 1 is 1.17 bits per heavy atom. The highest BCUT2D eigenvalue weighted by atomic mass is 32.1. The van der Waals surface area contributed by atoms with Crippen molar-refractivity contribution in [3.63, 3.8) is 0 Å². The standard InChI is InChI=1S/C20H24N2OS/c23-20(22-11-8-19-17(14-22)9-12-24-19)15-21-10-4-7-18(21)13-16-5-2-1-3-6-16/h1-3,5-6,9,12,18H,4,7-8,10-11,13-15H2. The van der Waals surface area contributed by atoms with Crippen LogP contribution >= 0.6 is 11.3 Å². The Kier molecular flexibility index (Phi) is 4.67. The predicted molar refractivity (Wildman–Crippen MR) is 98.2 cm³/mol. The number of thiophene rings is 1. The molecule has 0 N–H and O–H groups in total. The minimum Gasteiger partial charge on any atom is -0.337 e. The molecule has 2 aliphatic heterocycles. The van der Waals surface area contributed by atoms with E-state index in [4.69, 9.17) is 0 Å². The van der Waals surface area contributed by atoms with Gasteiger partial charge in [-0.15, -0.1) is 11.3 Å². The Hall–Kier alpha value is -1.65. The van der Waals surface area contributed by atoms with E-state index in [1.54, 1.807) is 0 Å². The molecule has 4 heteroatoms. The highest BCUT2D eigenvalue weighted by Gasteiger charge is 2.29. The molecule has 2 aromatic rings. The van der Waals surface area contributed by atoms with Crippen LogP contribution in [-0.2, 0) is 24.2 Å². The van der Waals surface area contributed by atoms with Crippen LogP contribution in [0.5, 0.6) is 0 Å². The van der Waals surface area contributed by atoms with Gasteiger partial charge in [-0.05, 0) is 54.8 Å². The Labute approximate surface area is 147 Å². The summed E-state index contributed by atoms with van der Waals surface area (Å²) in [6.07, 6.45) is 4.49. The maximum absolute atomic E-state index is 12.8. The maximum atomic E-state index is 12.8. The van der Waals surface area contributed by atoms with Crippen LogP contribution in [0.4, 0.5) is 0 Å². The van der Waals surface area contributed by atoms with Gasteiger partial charge in [-0.2, -0.15) is 0 Å². The van der Waals surface area contributed by atoms with Crippen LogP contribution in [0.1, 0.15) is 28.8 Å². The summed E-state index contributed by atoms with van der Waals surface area (Å²) in [5.74, 6) is 0.298. The molecule has 1 saturated heterocycles. The van der Waals surface area contributed by atoms with Gasteiger partial charge in [0, 0.05) is 24.0 Å². The average molecular weight is 340 g/mol. The summed E-state index contributed by atoms with van der Waals surface area (Å²) in [5, 5.41) is 2.15. The van der Waals surface area contributed by atoms with Gasteiger partial charge in [-0.1, -0.05) is 30.3 Å². The fraction of sp³-hybridized carbons (Fsp3) is 0.450. The fourth-order valence-corrected chi connectivity index (χ4v) is 4.85. The molecule has 0 bridgehead atoms. The van der Waals surface area contributed by atoms with Crippen molar-refractivity contribution in [1.82, 2.24) is 9.80 Å². The molecule has 3 nitrogen and oxygen atoms in total. The van der Waals surface area contributed by atoms with Crippen molar-refractivity contribution >= 4 is 17.2 Å². The van der Waals surface area contributed by atoms with Gasteiger partial charge in [0.2, 0.25) is 5.91 Å². The van der Waals surface area contributed by atoms with Crippen molar-refractivity contribution in [2.75, 3.05) is 19.6 Å². The normalized spacial score (nSPS) is 21.0. The molecule has 1 atom stereocenters.